The fourth-order valence-corrected chi connectivity index (χ4v) is 5.98. The Morgan fingerprint density at radius 3 is 2.33 bits per heavy atom. The summed E-state index contributed by atoms with van der Waals surface area (Å²) in [6.45, 7) is 6.56. The second-order valence-corrected chi connectivity index (χ2v) is 12.5. The molecular weight excluding hydrogens is 548 g/mol. The number of hydrogen-bond donors (Lipinski definition) is 0. The van der Waals surface area contributed by atoms with Gasteiger partial charge in [-0.1, -0.05) is 66.9 Å². The van der Waals surface area contributed by atoms with E-state index in [1.807, 2.05) is 54.6 Å². The molecule has 0 aromatic heterocycles. The molecule has 0 atom stereocenters. The Kier molecular flexibility index (Phi) is 9.12. The molecule has 8 heteroatoms. The Bertz CT molecular complexity index is 1720. The Labute approximate surface area is 248 Å². The third kappa shape index (κ3) is 6.76. The number of fused-ring (bicyclic) bond motifs is 2. The first-order chi connectivity index (χ1) is 20.3. The lowest BCUT2D eigenvalue weighted by Crippen LogP contribution is -2.22. The van der Waals surface area contributed by atoms with Crippen molar-refractivity contribution < 1.29 is 22.2 Å². The summed E-state index contributed by atoms with van der Waals surface area (Å²) in [5.74, 6) is 0.826. The summed E-state index contributed by atoms with van der Waals surface area (Å²) in [6, 6.07) is 22.8. The van der Waals surface area contributed by atoms with Crippen LogP contribution in [0.5, 0.6) is 5.75 Å². The van der Waals surface area contributed by atoms with E-state index in [1.54, 1.807) is 12.1 Å². The average molecular weight is 587 g/mol. The van der Waals surface area contributed by atoms with Gasteiger partial charge in [0, 0.05) is 35.3 Å². The largest absolute Gasteiger partial charge is 0.493 e. The maximum absolute atomic E-state index is 14.2. The zero-order chi connectivity index (χ0) is 29.7. The molecule has 0 amide bonds. The zero-order valence-corrected chi connectivity index (χ0v) is 25.3. The molecule has 4 aromatic rings. The number of benzene rings is 4. The number of anilines is 1. The van der Waals surface area contributed by atoms with Crippen LogP contribution in [0.3, 0.4) is 0 Å². The highest BCUT2D eigenvalue weighted by Gasteiger charge is 2.23. The molecule has 0 N–H and O–H groups in total. The maximum Gasteiger partial charge on any atom is 0.325 e. The molecule has 4 aromatic carbocycles. The number of oxime groups is 1. The Hall–Kier alpha value is -3.91. The molecule has 1 fully saturated rings. The van der Waals surface area contributed by atoms with Gasteiger partial charge in [0.05, 0.1) is 12.9 Å². The van der Waals surface area contributed by atoms with Crippen molar-refractivity contribution in [3.8, 4) is 5.75 Å². The van der Waals surface area contributed by atoms with Gasteiger partial charge in [-0.05, 0) is 79.1 Å². The SMILES string of the molecule is CCN(CC)c1ccc2c(C(=O)/C(=N/OS(C)(=O)=O)c3ccc4ccccc4c3)ccc(OCC3CCCCC3)c2c1. The van der Waals surface area contributed by atoms with E-state index in [0.29, 0.717) is 29.0 Å². The van der Waals surface area contributed by atoms with Crippen molar-refractivity contribution in [3.63, 3.8) is 0 Å². The van der Waals surface area contributed by atoms with Gasteiger partial charge in [-0.25, -0.2) is 0 Å². The van der Waals surface area contributed by atoms with Crippen LogP contribution >= 0.6 is 0 Å². The lowest BCUT2D eigenvalue weighted by Gasteiger charge is -2.24. The second-order valence-electron chi connectivity index (χ2n) is 10.9. The topological polar surface area (TPSA) is 85.3 Å². The van der Waals surface area contributed by atoms with E-state index >= 15 is 0 Å². The average Bonchev–Trinajstić information content (AvgIpc) is 3.00. The number of rotatable bonds is 11. The lowest BCUT2D eigenvalue weighted by molar-refractivity contribution is 0.106. The molecule has 42 heavy (non-hydrogen) atoms. The highest BCUT2D eigenvalue weighted by atomic mass is 32.2. The number of ketones is 1. The summed E-state index contributed by atoms with van der Waals surface area (Å²) in [7, 11) is -3.94. The monoisotopic (exact) mass is 586 g/mol. The van der Waals surface area contributed by atoms with Crippen LogP contribution in [0.25, 0.3) is 21.5 Å². The van der Waals surface area contributed by atoms with Crippen LogP contribution in [0, 0.1) is 5.92 Å². The van der Waals surface area contributed by atoms with Crippen molar-refractivity contribution in [1.82, 2.24) is 0 Å². The van der Waals surface area contributed by atoms with Gasteiger partial charge in [0.15, 0.2) is 5.71 Å². The molecule has 1 aliphatic carbocycles. The van der Waals surface area contributed by atoms with Gasteiger partial charge in [0.1, 0.15) is 5.75 Å². The van der Waals surface area contributed by atoms with Crippen LogP contribution in [0.1, 0.15) is 61.9 Å². The van der Waals surface area contributed by atoms with Crippen LogP contribution in [0.2, 0.25) is 0 Å². The molecule has 1 aliphatic rings. The van der Waals surface area contributed by atoms with Crippen LogP contribution in [0.4, 0.5) is 5.69 Å². The molecule has 0 bridgehead atoms. The van der Waals surface area contributed by atoms with Gasteiger partial charge in [0.25, 0.3) is 0 Å². The fourth-order valence-electron chi connectivity index (χ4n) is 5.77. The Morgan fingerprint density at radius 1 is 0.881 bits per heavy atom. The van der Waals surface area contributed by atoms with E-state index in [1.165, 1.54) is 32.1 Å². The summed E-state index contributed by atoms with van der Waals surface area (Å²) in [4.78, 5) is 16.5. The molecule has 5 rings (SSSR count). The lowest BCUT2D eigenvalue weighted by atomic mass is 9.90. The molecule has 0 spiro atoms. The quantitative estimate of drug-likeness (QED) is 0.104. The molecule has 0 saturated heterocycles. The standard InChI is InChI=1S/C34H38N2O5S/c1-4-36(5-2)28-17-18-29-30(19-20-32(31(29)22-28)40-23-24-11-7-6-8-12-24)34(37)33(35-41-42(3,38)39)27-16-15-25-13-9-10-14-26(25)21-27/h9-10,13-22,24H,4-8,11-12,23H2,1-3H3/b35-33+. The van der Waals surface area contributed by atoms with Gasteiger partial charge >= 0.3 is 10.1 Å². The summed E-state index contributed by atoms with van der Waals surface area (Å²) in [6.07, 6.45) is 7.01. The minimum atomic E-state index is -3.94. The van der Waals surface area contributed by atoms with Crippen LogP contribution in [-0.2, 0) is 14.4 Å². The van der Waals surface area contributed by atoms with E-state index in [4.69, 9.17) is 9.02 Å². The molecule has 1 saturated carbocycles. The highest BCUT2D eigenvalue weighted by Crippen LogP contribution is 2.34. The first-order valence-corrected chi connectivity index (χ1v) is 16.5. The zero-order valence-electron chi connectivity index (χ0n) is 24.5. The predicted octanol–water partition coefficient (Wildman–Crippen LogP) is 7.36. The number of carbonyl (C=O) groups is 1. The number of ether oxygens (including phenoxy) is 1. The van der Waals surface area contributed by atoms with Gasteiger partial charge in [0.2, 0.25) is 5.78 Å². The second kappa shape index (κ2) is 12.9. The molecule has 220 valence electrons. The van der Waals surface area contributed by atoms with Crippen LogP contribution in [0.15, 0.2) is 78.0 Å². The third-order valence-corrected chi connectivity index (χ3v) is 8.38. The number of nitrogens with zero attached hydrogens (tertiary/aromatic N) is 2. The summed E-state index contributed by atoms with van der Waals surface area (Å²) in [5, 5.41) is 7.33. The van der Waals surface area contributed by atoms with Crippen molar-refractivity contribution in [3.05, 3.63) is 83.9 Å². The Morgan fingerprint density at radius 2 is 1.62 bits per heavy atom. The summed E-state index contributed by atoms with van der Waals surface area (Å²) >= 11 is 0. The van der Waals surface area contributed by atoms with E-state index in [9.17, 15) is 13.2 Å². The normalized spacial score (nSPS) is 14.7. The van der Waals surface area contributed by atoms with Gasteiger partial charge in [-0.2, -0.15) is 8.42 Å². The number of Topliss-reactive ketones (excluding diaryl/α,β-unsaturated/α-hetero) is 1. The van der Waals surface area contributed by atoms with Crippen molar-refractivity contribution in [2.45, 2.75) is 46.0 Å². The smallest absolute Gasteiger partial charge is 0.325 e. The van der Waals surface area contributed by atoms with Gasteiger partial charge < -0.3 is 9.64 Å². The molecular formula is C34H38N2O5S. The van der Waals surface area contributed by atoms with Crippen molar-refractivity contribution in [2.24, 2.45) is 11.1 Å². The first-order valence-electron chi connectivity index (χ1n) is 14.7. The minimum Gasteiger partial charge on any atom is -0.493 e. The predicted molar refractivity (Wildman–Crippen MR) is 170 cm³/mol. The summed E-state index contributed by atoms with van der Waals surface area (Å²) in [5.41, 5.74) is 1.82. The third-order valence-electron chi connectivity index (χ3n) is 8.03. The molecule has 0 aliphatic heterocycles. The van der Waals surface area contributed by atoms with E-state index in [0.717, 1.165) is 46.9 Å². The van der Waals surface area contributed by atoms with E-state index < -0.39 is 15.9 Å². The summed E-state index contributed by atoms with van der Waals surface area (Å²) < 4.78 is 35.0. The van der Waals surface area contributed by atoms with E-state index in [2.05, 4.69) is 30.0 Å². The van der Waals surface area contributed by atoms with Crippen molar-refractivity contribution >= 4 is 48.8 Å². The number of carbonyl (C=O) groups excluding carboxylic acids is 1. The van der Waals surface area contributed by atoms with E-state index in [-0.39, 0.29) is 5.71 Å². The van der Waals surface area contributed by atoms with Crippen LogP contribution in [-0.4, -0.2) is 45.9 Å². The minimum absolute atomic E-state index is 0.0869. The molecule has 0 radical (unpaired) electrons. The highest BCUT2D eigenvalue weighted by molar-refractivity contribution is 7.85. The van der Waals surface area contributed by atoms with Crippen molar-refractivity contribution in [1.29, 1.82) is 0 Å². The molecule has 0 unspecified atom stereocenters. The fraction of sp³-hybridized carbons (Fsp3) is 0.353. The maximum atomic E-state index is 14.2. The molecule has 7 nitrogen and oxygen atoms in total. The molecule has 0 heterocycles. The van der Waals surface area contributed by atoms with Crippen LogP contribution < -0.4 is 9.64 Å². The van der Waals surface area contributed by atoms with Gasteiger partial charge in [-0.15, -0.1) is 0 Å². The Balaban J connectivity index is 1.60. The van der Waals surface area contributed by atoms with Gasteiger partial charge in [-0.3, -0.25) is 9.08 Å². The van der Waals surface area contributed by atoms with Crippen molar-refractivity contribution in [2.75, 3.05) is 30.9 Å². The first kappa shape index (κ1) is 29.6. The number of hydrogen-bond acceptors (Lipinski definition) is 7.